The summed E-state index contributed by atoms with van der Waals surface area (Å²) in [4.78, 5) is 6.86. The molecule has 1 fully saturated rings. The molecule has 0 amide bonds. The third kappa shape index (κ3) is 3.54. The molecule has 2 unspecified atom stereocenters. The van der Waals surface area contributed by atoms with Gasteiger partial charge in [-0.3, -0.25) is 4.90 Å². The van der Waals surface area contributed by atoms with Crippen LogP contribution in [0, 0.1) is 5.92 Å². The average Bonchev–Trinajstić information content (AvgIpc) is 2.88. The minimum Gasteiger partial charge on any atom is -0.339 e. The first kappa shape index (κ1) is 14.5. The van der Waals surface area contributed by atoms with E-state index < -0.39 is 0 Å². The summed E-state index contributed by atoms with van der Waals surface area (Å²) in [7, 11) is 0. The molecule has 5 nitrogen and oxygen atoms in total. The van der Waals surface area contributed by atoms with Gasteiger partial charge in [-0.15, -0.1) is 0 Å². The van der Waals surface area contributed by atoms with Crippen LogP contribution in [-0.2, 0) is 6.54 Å². The standard InChI is InChI=1S/C14H26N4O/c1-4-11-5-6-18(12(7-11)8-15)9-13-16-14(10(2)3)19-17-13/h10-12H,4-9,15H2,1-3H3. The van der Waals surface area contributed by atoms with Gasteiger partial charge in [-0.25, -0.2) is 0 Å². The molecule has 0 radical (unpaired) electrons. The minimum atomic E-state index is 0.289. The van der Waals surface area contributed by atoms with Gasteiger partial charge >= 0.3 is 0 Å². The maximum absolute atomic E-state index is 5.91. The number of nitrogens with two attached hydrogens (primary N) is 1. The van der Waals surface area contributed by atoms with Crippen molar-refractivity contribution in [3.63, 3.8) is 0 Å². The summed E-state index contributed by atoms with van der Waals surface area (Å²) in [6.07, 6.45) is 3.70. The lowest BCUT2D eigenvalue weighted by atomic mass is 9.89. The van der Waals surface area contributed by atoms with Gasteiger partial charge < -0.3 is 10.3 Å². The Bertz CT molecular complexity index is 391. The second-order valence-electron chi connectivity index (χ2n) is 5.86. The first-order valence-electron chi connectivity index (χ1n) is 7.40. The summed E-state index contributed by atoms with van der Waals surface area (Å²) in [5.41, 5.74) is 5.91. The second kappa shape index (κ2) is 6.48. The topological polar surface area (TPSA) is 68.2 Å². The molecule has 0 spiro atoms. The van der Waals surface area contributed by atoms with Gasteiger partial charge in [0.2, 0.25) is 5.89 Å². The van der Waals surface area contributed by atoms with Crippen LogP contribution in [0.3, 0.4) is 0 Å². The van der Waals surface area contributed by atoms with Crippen LogP contribution in [0.5, 0.6) is 0 Å². The fourth-order valence-electron chi connectivity index (χ4n) is 2.75. The molecular weight excluding hydrogens is 240 g/mol. The number of nitrogens with zero attached hydrogens (tertiary/aromatic N) is 3. The molecule has 1 saturated heterocycles. The molecule has 1 aliphatic rings. The zero-order valence-electron chi connectivity index (χ0n) is 12.3. The molecule has 2 atom stereocenters. The van der Waals surface area contributed by atoms with Gasteiger partial charge in [0, 0.05) is 18.5 Å². The monoisotopic (exact) mass is 266 g/mol. The van der Waals surface area contributed by atoms with Crippen LogP contribution in [0.25, 0.3) is 0 Å². The van der Waals surface area contributed by atoms with Crippen molar-refractivity contribution < 1.29 is 4.52 Å². The molecule has 2 rings (SSSR count). The lowest BCUT2D eigenvalue weighted by molar-refractivity contribution is 0.104. The average molecular weight is 266 g/mol. The maximum atomic E-state index is 5.91. The Kier molecular flexibility index (Phi) is 4.93. The van der Waals surface area contributed by atoms with Crippen molar-refractivity contribution in [2.45, 2.75) is 58.5 Å². The van der Waals surface area contributed by atoms with E-state index in [1.54, 1.807) is 0 Å². The molecule has 2 heterocycles. The summed E-state index contributed by atoms with van der Waals surface area (Å²) in [5.74, 6) is 2.62. The molecule has 5 heteroatoms. The molecule has 108 valence electrons. The van der Waals surface area contributed by atoms with Crippen LogP contribution in [0.1, 0.15) is 57.7 Å². The molecule has 1 aromatic rings. The Morgan fingerprint density at radius 1 is 1.47 bits per heavy atom. The van der Waals surface area contributed by atoms with Gasteiger partial charge in [0.05, 0.1) is 6.54 Å². The SMILES string of the molecule is CCC1CCN(Cc2noc(C(C)C)n2)C(CN)C1. The first-order valence-corrected chi connectivity index (χ1v) is 7.40. The predicted octanol–water partition coefficient (Wildman–Crippen LogP) is 2.14. The van der Waals surface area contributed by atoms with E-state index >= 15 is 0 Å². The summed E-state index contributed by atoms with van der Waals surface area (Å²) in [6, 6.07) is 0.458. The van der Waals surface area contributed by atoms with E-state index in [1.807, 2.05) is 0 Å². The summed E-state index contributed by atoms with van der Waals surface area (Å²) in [5, 5.41) is 4.07. The number of aromatic nitrogens is 2. The van der Waals surface area contributed by atoms with E-state index in [9.17, 15) is 0 Å². The maximum Gasteiger partial charge on any atom is 0.229 e. The highest BCUT2D eigenvalue weighted by atomic mass is 16.5. The first-order chi connectivity index (χ1) is 9.13. The van der Waals surface area contributed by atoms with Crippen LogP contribution in [0.4, 0.5) is 0 Å². The van der Waals surface area contributed by atoms with Crippen LogP contribution in [0.2, 0.25) is 0 Å². The third-order valence-electron chi connectivity index (χ3n) is 4.12. The van der Waals surface area contributed by atoms with E-state index in [1.165, 1.54) is 19.3 Å². The van der Waals surface area contributed by atoms with Crippen molar-refractivity contribution in [2.24, 2.45) is 11.7 Å². The Morgan fingerprint density at radius 3 is 2.84 bits per heavy atom. The molecule has 0 saturated carbocycles. The van der Waals surface area contributed by atoms with Gasteiger partial charge in [-0.2, -0.15) is 4.98 Å². The van der Waals surface area contributed by atoms with E-state index in [-0.39, 0.29) is 5.92 Å². The molecule has 0 aromatic carbocycles. The number of hydrogen-bond donors (Lipinski definition) is 1. The quantitative estimate of drug-likeness (QED) is 0.884. The number of piperidine rings is 1. The second-order valence-corrected chi connectivity index (χ2v) is 5.86. The van der Waals surface area contributed by atoms with E-state index in [2.05, 4.69) is 35.8 Å². The van der Waals surface area contributed by atoms with Crippen molar-refractivity contribution in [3.05, 3.63) is 11.7 Å². The fraction of sp³-hybridized carbons (Fsp3) is 0.857. The number of rotatable bonds is 5. The van der Waals surface area contributed by atoms with Crippen molar-refractivity contribution >= 4 is 0 Å². The largest absolute Gasteiger partial charge is 0.339 e. The van der Waals surface area contributed by atoms with Gasteiger partial charge in [0.1, 0.15) is 0 Å². The Hall–Kier alpha value is -0.940. The van der Waals surface area contributed by atoms with Crippen LogP contribution in [-0.4, -0.2) is 34.2 Å². The van der Waals surface area contributed by atoms with Crippen LogP contribution >= 0.6 is 0 Å². The molecule has 1 aliphatic heterocycles. The molecule has 0 bridgehead atoms. The normalized spacial score (nSPS) is 25.1. The van der Waals surface area contributed by atoms with Crippen LogP contribution in [0.15, 0.2) is 4.52 Å². The Labute approximate surface area is 115 Å². The molecule has 2 N–H and O–H groups in total. The van der Waals surface area contributed by atoms with Gasteiger partial charge in [0.25, 0.3) is 0 Å². The summed E-state index contributed by atoms with van der Waals surface area (Å²) in [6.45, 7) is 8.95. The fourth-order valence-corrected chi connectivity index (χ4v) is 2.75. The zero-order valence-corrected chi connectivity index (χ0v) is 12.3. The summed E-state index contributed by atoms with van der Waals surface area (Å²) >= 11 is 0. The lowest BCUT2D eigenvalue weighted by Crippen LogP contribution is -2.46. The predicted molar refractivity (Wildman–Crippen MR) is 74.7 cm³/mol. The van der Waals surface area contributed by atoms with Gasteiger partial charge in [-0.05, 0) is 25.3 Å². The van der Waals surface area contributed by atoms with Crippen LogP contribution < -0.4 is 5.73 Å². The third-order valence-corrected chi connectivity index (χ3v) is 4.12. The highest BCUT2D eigenvalue weighted by Crippen LogP contribution is 2.26. The zero-order chi connectivity index (χ0) is 13.8. The lowest BCUT2D eigenvalue weighted by Gasteiger charge is -2.38. The molecule has 0 aliphatic carbocycles. The van der Waals surface area contributed by atoms with Crippen molar-refractivity contribution in [3.8, 4) is 0 Å². The van der Waals surface area contributed by atoms with E-state index in [0.717, 1.165) is 30.7 Å². The highest BCUT2D eigenvalue weighted by Gasteiger charge is 2.27. The smallest absolute Gasteiger partial charge is 0.229 e. The van der Waals surface area contributed by atoms with E-state index in [4.69, 9.17) is 10.3 Å². The Balaban J connectivity index is 1.97. The van der Waals surface area contributed by atoms with E-state index in [0.29, 0.717) is 12.6 Å². The van der Waals surface area contributed by atoms with Crippen molar-refractivity contribution in [1.82, 2.24) is 15.0 Å². The number of hydrogen-bond acceptors (Lipinski definition) is 5. The van der Waals surface area contributed by atoms with Gasteiger partial charge in [0.15, 0.2) is 5.82 Å². The molecular formula is C14H26N4O. The number of likely N-dealkylation sites (tertiary alicyclic amines) is 1. The Morgan fingerprint density at radius 2 is 2.26 bits per heavy atom. The van der Waals surface area contributed by atoms with Gasteiger partial charge in [-0.1, -0.05) is 32.3 Å². The highest BCUT2D eigenvalue weighted by molar-refractivity contribution is 4.93. The minimum absolute atomic E-state index is 0.289. The summed E-state index contributed by atoms with van der Waals surface area (Å²) < 4.78 is 5.26. The molecule has 19 heavy (non-hydrogen) atoms. The van der Waals surface area contributed by atoms with Crippen molar-refractivity contribution in [1.29, 1.82) is 0 Å². The van der Waals surface area contributed by atoms with Crippen molar-refractivity contribution in [2.75, 3.05) is 13.1 Å². The molecule has 1 aromatic heterocycles.